The Morgan fingerprint density at radius 2 is 1.18 bits per heavy atom. The van der Waals surface area contributed by atoms with Gasteiger partial charge in [0.2, 0.25) is 17.7 Å². The highest BCUT2D eigenvalue weighted by Gasteiger charge is 2.38. The molecule has 6 aromatic rings. The van der Waals surface area contributed by atoms with Gasteiger partial charge >= 0.3 is 6.09 Å². The summed E-state index contributed by atoms with van der Waals surface area (Å²) in [6.07, 6.45) is 6.54. The van der Waals surface area contributed by atoms with E-state index >= 15 is 0 Å². The van der Waals surface area contributed by atoms with Crippen LogP contribution in [0.5, 0.6) is 0 Å². The molecular formula is C51H53N5O6. The lowest BCUT2D eigenvalue weighted by atomic mass is 9.77. The molecule has 0 aliphatic rings. The second-order valence-corrected chi connectivity index (χ2v) is 15.5. The zero-order valence-corrected chi connectivity index (χ0v) is 35.0. The minimum absolute atomic E-state index is 0.0315. The molecule has 0 bridgehead atoms. The van der Waals surface area contributed by atoms with Gasteiger partial charge in [-0.3, -0.25) is 14.4 Å². The zero-order chi connectivity index (χ0) is 43.6. The van der Waals surface area contributed by atoms with Crippen molar-refractivity contribution in [2.45, 2.75) is 69.8 Å². The molecule has 5 aromatic carbocycles. The summed E-state index contributed by atoms with van der Waals surface area (Å²) in [6.45, 7) is 3.92. The first kappa shape index (κ1) is 44.3. The van der Waals surface area contributed by atoms with Gasteiger partial charge in [0, 0.05) is 24.4 Å². The largest absolute Gasteiger partial charge is 0.445 e. The monoisotopic (exact) mass is 831 g/mol. The van der Waals surface area contributed by atoms with Gasteiger partial charge in [0.25, 0.3) is 0 Å². The van der Waals surface area contributed by atoms with Crippen molar-refractivity contribution in [1.82, 2.24) is 26.4 Å². The van der Waals surface area contributed by atoms with Crippen molar-refractivity contribution < 1.29 is 28.4 Å². The molecule has 3 atom stereocenters. The SMILES string of the molecule is CC(C)C[C@H](NC(=O)OCc1ccccc1)C(=O)N[C@@H](Cc1ccccc1)C(=O)N[C@H](/C=C/c1cnoc1)CCC(=O)NC(c1ccccc1)(c1ccccc1)c1ccccc1. The molecule has 318 valence electrons. The molecule has 1 aromatic heterocycles. The topological polar surface area (TPSA) is 152 Å². The number of carbonyl (C=O) groups is 4. The lowest BCUT2D eigenvalue weighted by molar-refractivity contribution is -0.130. The fourth-order valence-electron chi connectivity index (χ4n) is 7.30. The Hall–Kier alpha value is -7.27. The van der Waals surface area contributed by atoms with Crippen LogP contribution in [0.15, 0.2) is 175 Å². The lowest BCUT2D eigenvalue weighted by Gasteiger charge is -2.37. The van der Waals surface area contributed by atoms with Gasteiger partial charge in [-0.1, -0.05) is 183 Å². The van der Waals surface area contributed by atoms with Crippen molar-refractivity contribution >= 4 is 29.9 Å². The summed E-state index contributed by atoms with van der Waals surface area (Å²) >= 11 is 0. The van der Waals surface area contributed by atoms with E-state index in [1.165, 1.54) is 6.26 Å². The Balaban J connectivity index is 1.22. The van der Waals surface area contributed by atoms with Gasteiger partial charge in [0.05, 0.1) is 6.20 Å². The maximum atomic E-state index is 14.4. The molecule has 0 saturated carbocycles. The van der Waals surface area contributed by atoms with Crippen LogP contribution in [-0.2, 0) is 37.7 Å². The Morgan fingerprint density at radius 3 is 1.69 bits per heavy atom. The Kier molecular flexibility index (Phi) is 16.0. The van der Waals surface area contributed by atoms with Crippen LogP contribution in [0, 0.1) is 5.92 Å². The first-order valence-electron chi connectivity index (χ1n) is 20.9. The van der Waals surface area contributed by atoms with Crippen molar-refractivity contribution in [2.75, 3.05) is 0 Å². The van der Waals surface area contributed by atoms with Crippen molar-refractivity contribution in [3.8, 4) is 0 Å². The number of nitrogens with zero attached hydrogens (tertiary/aromatic N) is 1. The standard InChI is InChI=1S/C51H53N5O6/c1-37(2)32-45(55-50(60)61-35-39-20-10-4-11-21-39)49(59)54-46(33-38-18-8-3-9-19-38)48(58)53-44(29-28-40-34-52-62-36-40)30-31-47(57)56-51(41-22-12-5-13-23-41,42-24-14-6-15-25-42)43-26-16-7-17-27-43/h3-29,34,36-37,44-46H,30-33,35H2,1-2H3,(H,53,58)(H,54,59)(H,55,60)(H,56,57)/b29-28+/t44-,45+,46+/m1/s1. The first-order valence-corrected chi connectivity index (χ1v) is 20.9. The molecule has 4 N–H and O–H groups in total. The summed E-state index contributed by atoms with van der Waals surface area (Å²) in [5.74, 6) is -1.20. The summed E-state index contributed by atoms with van der Waals surface area (Å²) in [6, 6.07) is 45.5. The average molecular weight is 832 g/mol. The third kappa shape index (κ3) is 12.6. The fourth-order valence-corrected chi connectivity index (χ4v) is 7.30. The molecule has 11 heteroatoms. The maximum Gasteiger partial charge on any atom is 0.408 e. The van der Waals surface area contributed by atoms with Crippen LogP contribution in [0.2, 0.25) is 0 Å². The van der Waals surface area contributed by atoms with Gasteiger partial charge < -0.3 is 30.5 Å². The van der Waals surface area contributed by atoms with Crippen LogP contribution in [0.4, 0.5) is 4.79 Å². The van der Waals surface area contributed by atoms with Crippen molar-refractivity contribution in [3.05, 3.63) is 204 Å². The summed E-state index contributed by atoms with van der Waals surface area (Å²) in [5.41, 5.74) is 3.93. The predicted octanol–water partition coefficient (Wildman–Crippen LogP) is 8.13. The summed E-state index contributed by atoms with van der Waals surface area (Å²) in [7, 11) is 0. The number of alkyl carbamates (subject to hydrolysis) is 1. The van der Waals surface area contributed by atoms with E-state index < -0.39 is 41.6 Å². The summed E-state index contributed by atoms with van der Waals surface area (Å²) in [5, 5.41) is 15.9. The maximum absolute atomic E-state index is 14.4. The predicted molar refractivity (Wildman–Crippen MR) is 239 cm³/mol. The summed E-state index contributed by atoms with van der Waals surface area (Å²) < 4.78 is 10.5. The number of carbonyl (C=O) groups excluding carboxylic acids is 4. The molecule has 11 nitrogen and oxygen atoms in total. The third-order valence-electron chi connectivity index (χ3n) is 10.4. The number of rotatable bonds is 20. The van der Waals surface area contributed by atoms with E-state index in [-0.39, 0.29) is 37.7 Å². The molecule has 4 amide bonds. The molecule has 0 unspecified atom stereocenters. The number of hydrogen-bond donors (Lipinski definition) is 4. The molecule has 6 rings (SSSR count). The second-order valence-electron chi connectivity index (χ2n) is 15.5. The highest BCUT2D eigenvalue weighted by molar-refractivity contribution is 5.91. The number of nitrogens with one attached hydrogen (secondary N) is 4. The van der Waals surface area contributed by atoms with Crippen LogP contribution in [-0.4, -0.2) is 47.1 Å². The Morgan fingerprint density at radius 1 is 0.661 bits per heavy atom. The quantitative estimate of drug-likeness (QED) is 0.0568. The van der Waals surface area contributed by atoms with E-state index in [1.54, 1.807) is 18.3 Å². The normalized spacial score (nSPS) is 12.8. The fraction of sp³-hybridized carbons (Fsp3) is 0.235. The minimum atomic E-state index is -1.04. The van der Waals surface area contributed by atoms with Crippen molar-refractivity contribution in [1.29, 1.82) is 0 Å². The van der Waals surface area contributed by atoms with Crippen LogP contribution in [0.1, 0.15) is 66.5 Å². The number of hydrogen-bond acceptors (Lipinski definition) is 7. The first-order chi connectivity index (χ1) is 30.2. The second kappa shape index (κ2) is 22.4. The average Bonchev–Trinajstić information content (AvgIpc) is 3.83. The van der Waals surface area contributed by atoms with Gasteiger partial charge in [-0.25, -0.2) is 4.79 Å². The molecular weight excluding hydrogens is 779 g/mol. The molecule has 0 radical (unpaired) electrons. The van der Waals surface area contributed by atoms with E-state index in [1.807, 2.05) is 166 Å². The lowest BCUT2D eigenvalue weighted by Crippen LogP contribution is -2.55. The smallest absolute Gasteiger partial charge is 0.408 e. The van der Waals surface area contributed by atoms with E-state index in [0.29, 0.717) is 12.0 Å². The van der Waals surface area contributed by atoms with E-state index in [4.69, 9.17) is 9.26 Å². The van der Waals surface area contributed by atoms with Crippen LogP contribution in [0.25, 0.3) is 6.08 Å². The van der Waals surface area contributed by atoms with Crippen LogP contribution in [0.3, 0.4) is 0 Å². The molecule has 62 heavy (non-hydrogen) atoms. The highest BCUT2D eigenvalue weighted by atomic mass is 16.5. The number of amides is 4. The van der Waals surface area contributed by atoms with Gasteiger partial charge in [0.15, 0.2) is 0 Å². The third-order valence-corrected chi connectivity index (χ3v) is 10.4. The van der Waals surface area contributed by atoms with Gasteiger partial charge in [0.1, 0.15) is 30.5 Å². The van der Waals surface area contributed by atoms with Crippen LogP contribution >= 0.6 is 0 Å². The molecule has 0 fully saturated rings. The number of aromatic nitrogens is 1. The van der Waals surface area contributed by atoms with Gasteiger partial charge in [-0.2, -0.15) is 0 Å². The summed E-state index contributed by atoms with van der Waals surface area (Å²) in [4.78, 5) is 55.7. The van der Waals surface area contributed by atoms with Gasteiger partial charge in [-0.05, 0) is 46.6 Å². The Bertz CT molecular complexity index is 2230. The van der Waals surface area contributed by atoms with Crippen molar-refractivity contribution in [2.24, 2.45) is 5.92 Å². The van der Waals surface area contributed by atoms with E-state index in [2.05, 4.69) is 26.4 Å². The molecule has 0 saturated heterocycles. The molecule has 0 spiro atoms. The minimum Gasteiger partial charge on any atom is -0.445 e. The highest BCUT2D eigenvalue weighted by Crippen LogP contribution is 2.37. The van der Waals surface area contributed by atoms with E-state index in [0.717, 1.165) is 27.8 Å². The van der Waals surface area contributed by atoms with Crippen molar-refractivity contribution in [3.63, 3.8) is 0 Å². The van der Waals surface area contributed by atoms with Gasteiger partial charge in [-0.15, -0.1) is 0 Å². The zero-order valence-electron chi connectivity index (χ0n) is 35.0. The number of benzene rings is 5. The van der Waals surface area contributed by atoms with E-state index in [9.17, 15) is 19.2 Å². The van der Waals surface area contributed by atoms with Crippen LogP contribution < -0.4 is 21.3 Å². The number of ether oxygens (including phenoxy) is 1. The Labute approximate surface area is 363 Å². The molecule has 1 heterocycles. The molecule has 0 aliphatic heterocycles. The molecule has 0 aliphatic carbocycles.